The molecule has 2 heterocycles. The van der Waals surface area contributed by atoms with Crippen LogP contribution in [-0.4, -0.2) is 69.7 Å². The fraction of sp³-hybridized carbons (Fsp3) is 0.697. The van der Waals surface area contributed by atoms with E-state index < -0.39 is 59.1 Å². The maximum Gasteiger partial charge on any atom is 0.315 e. The number of amides is 5. The van der Waals surface area contributed by atoms with Gasteiger partial charge in [0, 0.05) is 25.4 Å². The van der Waals surface area contributed by atoms with Crippen LogP contribution in [0.1, 0.15) is 74.1 Å². The van der Waals surface area contributed by atoms with Crippen LogP contribution in [0, 0.1) is 34.5 Å². The first-order valence-corrected chi connectivity index (χ1v) is 16.1. The standard InChI is InChI=1S/C33H50N6O6/c1-18(2)22(17-38-14-9-8-13-23(38)40)36-31(45)37-27(32(3,4)5)30(44)39-16-20-24(33(20,6)7)25(39)29(43)35-21(26(41)28(34)42)15-19-11-10-12-19/h8-9,13-14,18-22,24-25,27H,10-12,15-17H2,1-7H3,(H2,34,42)(H,35,43)(H2,36,37,45)/t20-,21?,22+,24-,25-,27+/m0/s1. The first-order chi connectivity index (χ1) is 20.9. The molecular weight excluding hydrogens is 576 g/mol. The van der Waals surface area contributed by atoms with Gasteiger partial charge in [0.15, 0.2) is 0 Å². The number of aromatic nitrogens is 1. The number of nitrogens with two attached hydrogens (primary N) is 1. The Morgan fingerprint density at radius 1 is 1.04 bits per heavy atom. The number of carbonyl (C=O) groups is 5. The van der Waals surface area contributed by atoms with Gasteiger partial charge in [-0.15, -0.1) is 0 Å². The van der Waals surface area contributed by atoms with E-state index in [0.717, 1.165) is 19.3 Å². The van der Waals surface area contributed by atoms with Crippen molar-refractivity contribution in [2.75, 3.05) is 6.54 Å². The minimum absolute atomic E-state index is 0.0105. The average Bonchev–Trinajstić information content (AvgIpc) is 3.24. The lowest BCUT2D eigenvalue weighted by Gasteiger charge is -2.38. The normalized spacial score (nSPS) is 24.1. The molecule has 6 atom stereocenters. The lowest BCUT2D eigenvalue weighted by molar-refractivity contribution is -0.145. The van der Waals surface area contributed by atoms with E-state index in [-0.39, 0.29) is 41.2 Å². The number of primary amides is 1. The Labute approximate surface area is 265 Å². The zero-order chi connectivity index (χ0) is 33.4. The van der Waals surface area contributed by atoms with Gasteiger partial charge in [0.1, 0.15) is 12.1 Å². The van der Waals surface area contributed by atoms with Crippen LogP contribution in [0.2, 0.25) is 0 Å². The summed E-state index contributed by atoms with van der Waals surface area (Å²) in [5, 5.41) is 8.60. The Morgan fingerprint density at radius 3 is 2.24 bits per heavy atom. The van der Waals surface area contributed by atoms with Gasteiger partial charge in [0.05, 0.1) is 12.1 Å². The van der Waals surface area contributed by atoms with E-state index in [1.54, 1.807) is 18.3 Å². The number of Topliss-reactive ketones (excluding diaryl/α,β-unsaturated/α-hetero) is 1. The van der Waals surface area contributed by atoms with Crippen LogP contribution in [0.15, 0.2) is 29.2 Å². The fourth-order valence-electron chi connectivity index (χ4n) is 6.94. The largest absolute Gasteiger partial charge is 0.363 e. The second kappa shape index (κ2) is 13.0. The minimum atomic E-state index is -1.09. The van der Waals surface area contributed by atoms with E-state index in [1.165, 1.54) is 15.5 Å². The van der Waals surface area contributed by atoms with Gasteiger partial charge in [-0.25, -0.2) is 4.79 Å². The van der Waals surface area contributed by atoms with E-state index in [9.17, 15) is 28.8 Å². The summed E-state index contributed by atoms with van der Waals surface area (Å²) in [6, 6.07) is 1.05. The van der Waals surface area contributed by atoms with Crippen LogP contribution in [0.3, 0.4) is 0 Å². The Morgan fingerprint density at radius 2 is 1.71 bits per heavy atom. The predicted molar refractivity (Wildman–Crippen MR) is 169 cm³/mol. The summed E-state index contributed by atoms with van der Waals surface area (Å²) in [4.78, 5) is 79.8. The number of hydrogen-bond acceptors (Lipinski definition) is 6. The molecule has 1 aromatic heterocycles. The highest BCUT2D eigenvalue weighted by atomic mass is 16.2. The number of hydrogen-bond donors (Lipinski definition) is 4. The van der Waals surface area contributed by atoms with Gasteiger partial charge < -0.3 is 31.2 Å². The van der Waals surface area contributed by atoms with Crippen molar-refractivity contribution >= 4 is 29.5 Å². The summed E-state index contributed by atoms with van der Waals surface area (Å²) < 4.78 is 1.53. The molecule has 12 nitrogen and oxygen atoms in total. The molecule has 1 saturated heterocycles. The Bertz CT molecular complexity index is 1380. The maximum absolute atomic E-state index is 14.3. The molecule has 1 aromatic rings. The third-order valence-electron chi connectivity index (χ3n) is 10.2. The monoisotopic (exact) mass is 626 g/mol. The highest BCUT2D eigenvalue weighted by Crippen LogP contribution is 2.65. The minimum Gasteiger partial charge on any atom is -0.363 e. The van der Waals surface area contributed by atoms with E-state index in [0.29, 0.717) is 13.0 Å². The number of nitrogens with one attached hydrogen (secondary N) is 3. The molecule has 3 aliphatic rings. The summed E-state index contributed by atoms with van der Waals surface area (Å²) in [5.41, 5.74) is 4.25. The van der Waals surface area contributed by atoms with Crippen LogP contribution in [0.25, 0.3) is 0 Å². The third-order valence-corrected chi connectivity index (χ3v) is 10.2. The Kier molecular flexibility index (Phi) is 9.84. The maximum atomic E-state index is 14.3. The molecule has 1 unspecified atom stereocenters. The molecule has 45 heavy (non-hydrogen) atoms. The van der Waals surface area contributed by atoms with Crippen molar-refractivity contribution < 1.29 is 24.0 Å². The van der Waals surface area contributed by atoms with Gasteiger partial charge in [-0.05, 0) is 47.0 Å². The molecule has 12 heteroatoms. The number of likely N-dealkylation sites (tertiary alicyclic amines) is 1. The summed E-state index contributed by atoms with van der Waals surface area (Å²) >= 11 is 0. The van der Waals surface area contributed by atoms with Crippen molar-refractivity contribution in [2.45, 2.75) is 105 Å². The van der Waals surface area contributed by atoms with Crippen LogP contribution in [0.4, 0.5) is 4.79 Å². The molecule has 5 N–H and O–H groups in total. The number of rotatable bonds is 12. The molecular formula is C33H50N6O6. The zero-order valence-electron chi connectivity index (χ0n) is 27.6. The number of nitrogens with zero attached hydrogens (tertiary/aromatic N) is 2. The van der Waals surface area contributed by atoms with E-state index in [1.807, 2.05) is 34.6 Å². The smallest absolute Gasteiger partial charge is 0.315 e. The van der Waals surface area contributed by atoms with Crippen molar-refractivity contribution in [3.63, 3.8) is 0 Å². The summed E-state index contributed by atoms with van der Waals surface area (Å²) in [5.74, 6) is -2.62. The molecule has 0 radical (unpaired) electrons. The predicted octanol–water partition coefficient (Wildman–Crippen LogP) is 1.80. The molecule has 3 fully saturated rings. The SMILES string of the molecule is CC(C)[C@@H](Cn1ccccc1=O)NC(=O)N[C@H](C(=O)N1C[C@H]2[C@@H]([C@H]1C(=O)NC(CC1CCC1)C(=O)C(N)=O)C2(C)C)C(C)(C)C. The molecule has 4 rings (SSSR count). The van der Waals surface area contributed by atoms with E-state index in [4.69, 9.17) is 5.73 Å². The Balaban J connectivity index is 1.52. The third kappa shape index (κ3) is 7.41. The number of ketones is 1. The van der Waals surface area contributed by atoms with Crippen molar-refractivity contribution in [1.82, 2.24) is 25.4 Å². The molecule has 2 aliphatic carbocycles. The summed E-state index contributed by atoms with van der Waals surface area (Å²) in [7, 11) is 0. The van der Waals surface area contributed by atoms with Crippen molar-refractivity contribution in [1.29, 1.82) is 0 Å². The Hall–Kier alpha value is -3.70. The first-order valence-electron chi connectivity index (χ1n) is 16.1. The molecule has 1 aliphatic heterocycles. The quantitative estimate of drug-likeness (QED) is 0.258. The number of urea groups is 1. The van der Waals surface area contributed by atoms with E-state index in [2.05, 4.69) is 29.8 Å². The van der Waals surface area contributed by atoms with Crippen LogP contribution < -0.4 is 27.2 Å². The second-order valence-electron chi connectivity index (χ2n) is 15.2. The summed E-state index contributed by atoms with van der Waals surface area (Å²) in [6.07, 6.45) is 4.88. The second-order valence-corrected chi connectivity index (χ2v) is 15.2. The van der Waals surface area contributed by atoms with Gasteiger partial charge in [-0.1, -0.05) is 73.8 Å². The molecule has 0 bridgehead atoms. The average molecular weight is 627 g/mol. The van der Waals surface area contributed by atoms with Gasteiger partial charge in [-0.3, -0.25) is 24.0 Å². The van der Waals surface area contributed by atoms with Crippen molar-refractivity contribution in [2.24, 2.45) is 40.2 Å². The highest BCUT2D eigenvalue weighted by molar-refractivity contribution is 6.37. The molecule has 248 valence electrons. The molecule has 5 amide bonds. The lowest BCUT2D eigenvalue weighted by Crippen LogP contribution is -2.62. The number of piperidine rings is 1. The van der Waals surface area contributed by atoms with Crippen molar-refractivity contribution in [3.05, 3.63) is 34.7 Å². The number of fused-ring (bicyclic) bond motifs is 1. The molecule has 2 saturated carbocycles. The van der Waals surface area contributed by atoms with Gasteiger partial charge in [0.2, 0.25) is 17.6 Å². The zero-order valence-corrected chi connectivity index (χ0v) is 27.6. The van der Waals surface area contributed by atoms with Gasteiger partial charge >= 0.3 is 6.03 Å². The highest BCUT2D eigenvalue weighted by Gasteiger charge is 2.70. The van der Waals surface area contributed by atoms with Gasteiger partial charge in [0.25, 0.3) is 11.5 Å². The van der Waals surface area contributed by atoms with Crippen LogP contribution in [-0.2, 0) is 25.7 Å². The lowest BCUT2D eigenvalue weighted by atomic mass is 9.80. The number of pyridine rings is 1. The first kappa shape index (κ1) is 34.2. The molecule has 0 aromatic carbocycles. The fourth-order valence-corrected chi connectivity index (χ4v) is 6.94. The number of carbonyl (C=O) groups excluding carboxylic acids is 5. The molecule has 0 spiro atoms. The summed E-state index contributed by atoms with van der Waals surface area (Å²) in [6.45, 7) is 14.1. The van der Waals surface area contributed by atoms with E-state index >= 15 is 0 Å². The topological polar surface area (TPSA) is 173 Å². The van der Waals surface area contributed by atoms with Crippen LogP contribution in [0.5, 0.6) is 0 Å². The van der Waals surface area contributed by atoms with Crippen molar-refractivity contribution in [3.8, 4) is 0 Å². The van der Waals surface area contributed by atoms with Crippen LogP contribution >= 0.6 is 0 Å². The van der Waals surface area contributed by atoms with Gasteiger partial charge in [-0.2, -0.15) is 0 Å².